The van der Waals surface area contributed by atoms with Crippen molar-refractivity contribution in [2.45, 2.75) is 0 Å². The molecule has 53 heavy (non-hydrogen) atoms. The number of nitrogens with zero attached hydrogens (tertiary/aromatic N) is 1. The Hall–Kier alpha value is -6.96. The Labute approximate surface area is 323 Å². The largest absolute Gasteiger partial charge is 0.310 e. The maximum Gasteiger partial charge on any atom is 0.0651 e. The van der Waals surface area contributed by atoms with Crippen molar-refractivity contribution in [2.24, 2.45) is 0 Å². The van der Waals surface area contributed by atoms with E-state index in [0.717, 1.165) is 38.6 Å². The van der Waals surface area contributed by atoms with E-state index >= 15 is 0 Å². The van der Waals surface area contributed by atoms with Crippen LogP contribution in [-0.2, 0) is 0 Å². The van der Waals surface area contributed by atoms with Crippen molar-refractivity contribution >= 4 is 27.8 Å². The van der Waals surface area contributed by atoms with Crippen molar-refractivity contribution < 1.29 is 11.0 Å². The highest BCUT2D eigenvalue weighted by Crippen LogP contribution is 2.43. The quantitative estimate of drug-likeness (QED) is 0.154. The number of rotatable bonds is 8. The standard InChI is InChI=1S/C52H37N/c1-3-13-38(14-4-1)41-25-28-43(29-26-41)51-23-9-10-24-52(51)53(50-22-12-21-47(37-50)48-30-27-40-17-7-8-18-44(40)36-48)49-33-31-42(32-34-49)46-20-11-19-45(35-46)39-15-5-2-6-16-39/h1-37H/i12D,21D,22D,31D,32D,33D,34D,37D. The van der Waals surface area contributed by atoms with Gasteiger partial charge in [0, 0.05) is 16.9 Å². The maximum absolute atomic E-state index is 9.85. The molecule has 250 valence electrons. The van der Waals surface area contributed by atoms with Crippen LogP contribution in [0.15, 0.2) is 224 Å². The molecule has 0 aliphatic rings. The number of hydrogen-bond acceptors (Lipinski definition) is 1. The van der Waals surface area contributed by atoms with Crippen molar-refractivity contribution in [1.29, 1.82) is 0 Å². The molecule has 0 bridgehead atoms. The van der Waals surface area contributed by atoms with Crippen LogP contribution in [0.4, 0.5) is 17.1 Å². The Morgan fingerprint density at radius 3 is 1.62 bits per heavy atom. The average Bonchev–Trinajstić information content (AvgIpc) is 3.30. The van der Waals surface area contributed by atoms with E-state index in [2.05, 4.69) is 0 Å². The molecule has 0 unspecified atom stereocenters. The lowest BCUT2D eigenvalue weighted by Gasteiger charge is -2.28. The second kappa shape index (κ2) is 14.3. The fourth-order valence-electron chi connectivity index (χ4n) is 6.72. The van der Waals surface area contributed by atoms with Gasteiger partial charge in [-0.25, -0.2) is 0 Å². The molecule has 0 saturated heterocycles. The van der Waals surface area contributed by atoms with E-state index in [1.807, 2.05) is 152 Å². The molecule has 0 amide bonds. The molecule has 9 rings (SSSR count). The summed E-state index contributed by atoms with van der Waals surface area (Å²) in [6, 6.07) is 52.7. The SMILES string of the molecule is [2H]c1c([2H])c(-c2ccc3ccccc3c2)c([2H])c(N(c2ccccc2-c2ccc(-c3ccccc3)cc2)c2c([2H])c([2H])c(-c3cccc(-c4ccccc4)c3)c([2H])c2[2H])c1[2H]. The topological polar surface area (TPSA) is 3.24 Å². The summed E-state index contributed by atoms with van der Waals surface area (Å²) in [5, 5.41) is 1.83. The van der Waals surface area contributed by atoms with Gasteiger partial charge in [-0.2, -0.15) is 0 Å². The van der Waals surface area contributed by atoms with Gasteiger partial charge in [0.2, 0.25) is 0 Å². The molecule has 9 aromatic rings. The second-order valence-electron chi connectivity index (χ2n) is 12.8. The number of fused-ring (bicyclic) bond motifs is 1. The Bertz CT molecular complexity index is 3080. The van der Waals surface area contributed by atoms with Crippen LogP contribution in [0.3, 0.4) is 0 Å². The summed E-state index contributed by atoms with van der Waals surface area (Å²) in [5.74, 6) is 0. The fraction of sp³-hybridized carbons (Fsp3) is 0. The molecule has 9 aromatic carbocycles. The molecule has 0 spiro atoms. The van der Waals surface area contributed by atoms with Crippen LogP contribution in [-0.4, -0.2) is 0 Å². The summed E-state index contributed by atoms with van der Waals surface area (Å²) in [4.78, 5) is 1.43. The summed E-state index contributed by atoms with van der Waals surface area (Å²) in [6.07, 6.45) is 0. The average molecular weight is 684 g/mol. The third kappa shape index (κ3) is 6.65. The van der Waals surface area contributed by atoms with Gasteiger partial charge in [-0.1, -0.05) is 182 Å². The van der Waals surface area contributed by atoms with E-state index in [4.69, 9.17) is 2.74 Å². The zero-order valence-electron chi connectivity index (χ0n) is 36.7. The highest BCUT2D eigenvalue weighted by atomic mass is 15.1. The van der Waals surface area contributed by atoms with E-state index < -0.39 is 12.1 Å². The minimum atomic E-state index is -0.453. The third-order valence-corrected chi connectivity index (χ3v) is 9.42. The molecule has 0 radical (unpaired) electrons. The van der Waals surface area contributed by atoms with E-state index in [1.54, 1.807) is 24.3 Å². The predicted molar refractivity (Wildman–Crippen MR) is 226 cm³/mol. The first-order chi connectivity index (χ1) is 29.6. The van der Waals surface area contributed by atoms with Crippen LogP contribution in [0.1, 0.15) is 11.0 Å². The van der Waals surface area contributed by atoms with Gasteiger partial charge in [0.1, 0.15) is 0 Å². The number of para-hydroxylation sites is 1. The lowest BCUT2D eigenvalue weighted by atomic mass is 9.97. The molecular weight excluding hydrogens is 639 g/mol. The van der Waals surface area contributed by atoms with Gasteiger partial charge in [-0.05, 0) is 103 Å². The molecule has 0 aliphatic carbocycles. The summed E-state index contributed by atoms with van der Waals surface area (Å²) in [7, 11) is 0. The van der Waals surface area contributed by atoms with Crippen molar-refractivity contribution in [3.05, 3.63) is 224 Å². The molecule has 0 saturated carbocycles. The first kappa shape index (κ1) is 24.3. The third-order valence-electron chi connectivity index (χ3n) is 9.42. The monoisotopic (exact) mass is 683 g/mol. The van der Waals surface area contributed by atoms with Gasteiger partial charge in [0.25, 0.3) is 0 Å². The molecular formula is C52H37N. The number of benzene rings is 9. The van der Waals surface area contributed by atoms with Gasteiger partial charge in [-0.3, -0.25) is 0 Å². The van der Waals surface area contributed by atoms with Crippen molar-refractivity contribution in [3.8, 4) is 55.6 Å². The molecule has 0 fully saturated rings. The Kier molecular flexibility index (Phi) is 6.57. The van der Waals surface area contributed by atoms with E-state index in [-0.39, 0.29) is 58.8 Å². The van der Waals surface area contributed by atoms with Gasteiger partial charge in [0.05, 0.1) is 16.7 Å². The van der Waals surface area contributed by atoms with Crippen molar-refractivity contribution in [3.63, 3.8) is 0 Å². The summed E-state index contributed by atoms with van der Waals surface area (Å²) >= 11 is 0. The lowest BCUT2D eigenvalue weighted by Crippen LogP contribution is -2.11. The van der Waals surface area contributed by atoms with Crippen LogP contribution in [0.2, 0.25) is 0 Å². The highest BCUT2D eigenvalue weighted by molar-refractivity contribution is 5.91. The van der Waals surface area contributed by atoms with Gasteiger partial charge in [-0.15, -0.1) is 0 Å². The second-order valence-corrected chi connectivity index (χ2v) is 12.8. The zero-order chi connectivity index (χ0) is 42.4. The fourth-order valence-corrected chi connectivity index (χ4v) is 6.72. The van der Waals surface area contributed by atoms with Gasteiger partial charge in [0.15, 0.2) is 0 Å². The maximum atomic E-state index is 9.85. The molecule has 0 atom stereocenters. The zero-order valence-corrected chi connectivity index (χ0v) is 28.7. The van der Waals surface area contributed by atoms with E-state index in [9.17, 15) is 8.22 Å². The molecule has 0 aromatic heterocycles. The van der Waals surface area contributed by atoms with Crippen LogP contribution in [0, 0.1) is 0 Å². The van der Waals surface area contributed by atoms with Crippen LogP contribution in [0.5, 0.6) is 0 Å². The molecule has 0 heterocycles. The highest BCUT2D eigenvalue weighted by Gasteiger charge is 2.18. The van der Waals surface area contributed by atoms with Gasteiger partial charge < -0.3 is 4.90 Å². The van der Waals surface area contributed by atoms with E-state index in [1.165, 1.54) is 4.90 Å². The minimum absolute atomic E-state index is 0.109. The molecule has 1 nitrogen and oxygen atoms in total. The summed E-state index contributed by atoms with van der Waals surface area (Å²) < 4.78 is 75.9. The molecule has 0 aliphatic heterocycles. The van der Waals surface area contributed by atoms with Crippen LogP contribution >= 0.6 is 0 Å². The normalized spacial score (nSPS) is 13.1. The number of anilines is 3. The number of hydrogen-bond donors (Lipinski definition) is 0. The van der Waals surface area contributed by atoms with E-state index in [0.29, 0.717) is 22.4 Å². The van der Waals surface area contributed by atoms with Gasteiger partial charge >= 0.3 is 0 Å². The summed E-state index contributed by atoms with van der Waals surface area (Å²) in [6.45, 7) is 0. The van der Waals surface area contributed by atoms with Crippen LogP contribution < -0.4 is 4.90 Å². The predicted octanol–water partition coefficient (Wildman–Crippen LogP) is 14.6. The summed E-state index contributed by atoms with van der Waals surface area (Å²) in [5.41, 5.74) is 6.50. The van der Waals surface area contributed by atoms with Crippen molar-refractivity contribution in [1.82, 2.24) is 0 Å². The minimum Gasteiger partial charge on any atom is -0.310 e. The smallest absolute Gasteiger partial charge is 0.0651 e. The Morgan fingerprint density at radius 2 is 0.868 bits per heavy atom. The molecule has 1 heteroatoms. The first-order valence-electron chi connectivity index (χ1n) is 21.5. The van der Waals surface area contributed by atoms with Crippen LogP contribution in [0.25, 0.3) is 66.4 Å². The molecule has 0 N–H and O–H groups in total. The Balaban J connectivity index is 1.31. The first-order valence-corrected chi connectivity index (χ1v) is 17.5. The Morgan fingerprint density at radius 1 is 0.321 bits per heavy atom. The van der Waals surface area contributed by atoms with Crippen molar-refractivity contribution in [2.75, 3.05) is 4.90 Å². The lowest BCUT2D eigenvalue weighted by molar-refractivity contribution is 1.28.